The standard InChI is InChI=1S/C24H23FN2O5S/c1-15-12-16(8-10-20(15)25)21-11-9-17(13-26-21)27(33(30)31)22-6-2-5-19-18(22)4-3-7-23(19)32-14-24(28)29/h3-4,7-13,22H,2,5-6,14H2,1H3,(H,28,29)(H,30,31). The average molecular weight is 471 g/mol. The van der Waals surface area contributed by atoms with Gasteiger partial charge in [-0.05, 0) is 79.3 Å². The van der Waals surface area contributed by atoms with Crippen molar-refractivity contribution in [3.8, 4) is 17.0 Å². The molecule has 2 unspecified atom stereocenters. The van der Waals surface area contributed by atoms with Crippen molar-refractivity contribution in [2.75, 3.05) is 10.9 Å². The molecule has 1 aliphatic rings. The van der Waals surface area contributed by atoms with E-state index in [1.807, 2.05) is 6.07 Å². The van der Waals surface area contributed by atoms with Gasteiger partial charge in [0.05, 0.1) is 23.6 Å². The Morgan fingerprint density at radius 2 is 2.09 bits per heavy atom. The second-order valence-corrected chi connectivity index (χ2v) is 8.69. The van der Waals surface area contributed by atoms with Gasteiger partial charge in [-0.3, -0.25) is 13.8 Å². The molecule has 2 aromatic carbocycles. The van der Waals surface area contributed by atoms with Crippen LogP contribution < -0.4 is 9.04 Å². The normalized spacial score (nSPS) is 16.0. The van der Waals surface area contributed by atoms with Crippen molar-refractivity contribution < 1.29 is 27.8 Å². The van der Waals surface area contributed by atoms with Gasteiger partial charge in [-0.25, -0.2) is 13.4 Å². The fourth-order valence-corrected chi connectivity index (χ4v) is 4.90. The van der Waals surface area contributed by atoms with Crippen molar-refractivity contribution in [1.29, 1.82) is 0 Å². The van der Waals surface area contributed by atoms with E-state index in [-0.39, 0.29) is 5.82 Å². The number of aliphatic carboxylic acids is 1. The van der Waals surface area contributed by atoms with Crippen LogP contribution in [0.3, 0.4) is 0 Å². The maximum Gasteiger partial charge on any atom is 0.341 e. The number of benzene rings is 2. The molecular formula is C24H23FN2O5S. The van der Waals surface area contributed by atoms with Gasteiger partial charge in [-0.2, -0.15) is 0 Å². The molecule has 172 valence electrons. The van der Waals surface area contributed by atoms with Gasteiger partial charge in [0.15, 0.2) is 6.61 Å². The van der Waals surface area contributed by atoms with Gasteiger partial charge in [-0.1, -0.05) is 12.1 Å². The van der Waals surface area contributed by atoms with Gasteiger partial charge in [0.1, 0.15) is 11.6 Å². The number of pyridine rings is 1. The second-order valence-electron chi connectivity index (χ2n) is 7.84. The Hall–Kier alpha value is -3.30. The molecule has 2 N–H and O–H groups in total. The van der Waals surface area contributed by atoms with E-state index in [0.717, 1.165) is 23.1 Å². The Morgan fingerprint density at radius 3 is 2.76 bits per heavy atom. The van der Waals surface area contributed by atoms with Crippen molar-refractivity contribution in [2.45, 2.75) is 32.2 Å². The van der Waals surface area contributed by atoms with E-state index in [2.05, 4.69) is 4.98 Å². The lowest BCUT2D eigenvalue weighted by Gasteiger charge is -2.34. The summed E-state index contributed by atoms with van der Waals surface area (Å²) in [5, 5.41) is 8.94. The third-order valence-corrected chi connectivity index (χ3v) is 6.49. The number of aryl methyl sites for hydroxylation is 1. The lowest BCUT2D eigenvalue weighted by atomic mass is 9.87. The number of carbonyl (C=O) groups is 1. The number of aromatic nitrogens is 1. The molecule has 4 rings (SSSR count). The van der Waals surface area contributed by atoms with Crippen molar-refractivity contribution >= 4 is 22.9 Å². The Labute approximate surface area is 193 Å². The average Bonchev–Trinajstić information content (AvgIpc) is 2.80. The third-order valence-electron chi connectivity index (χ3n) is 5.69. The van der Waals surface area contributed by atoms with Gasteiger partial charge in [-0.15, -0.1) is 0 Å². The lowest BCUT2D eigenvalue weighted by Crippen LogP contribution is -2.33. The number of hydrogen-bond donors (Lipinski definition) is 2. The first kappa shape index (κ1) is 22.9. The van der Waals surface area contributed by atoms with E-state index < -0.39 is 29.9 Å². The summed E-state index contributed by atoms with van der Waals surface area (Å²) < 4.78 is 43.0. The number of anilines is 1. The summed E-state index contributed by atoms with van der Waals surface area (Å²) in [5.74, 6) is -0.885. The zero-order valence-electron chi connectivity index (χ0n) is 17.9. The first-order chi connectivity index (χ1) is 15.8. The maximum absolute atomic E-state index is 13.6. The first-order valence-electron chi connectivity index (χ1n) is 10.4. The fraction of sp³-hybridized carbons (Fsp3) is 0.250. The number of rotatable bonds is 7. The number of carboxylic acids is 1. The van der Waals surface area contributed by atoms with Gasteiger partial charge in [0.2, 0.25) is 0 Å². The molecule has 0 saturated carbocycles. The van der Waals surface area contributed by atoms with Crippen LogP contribution in [0.2, 0.25) is 0 Å². The van der Waals surface area contributed by atoms with Gasteiger partial charge in [0, 0.05) is 5.56 Å². The minimum Gasteiger partial charge on any atom is -0.482 e. The van der Waals surface area contributed by atoms with E-state index in [1.54, 1.807) is 43.3 Å². The molecule has 0 spiro atoms. The van der Waals surface area contributed by atoms with Crippen LogP contribution in [0.5, 0.6) is 5.75 Å². The predicted octanol–water partition coefficient (Wildman–Crippen LogP) is 4.68. The highest BCUT2D eigenvalue weighted by molar-refractivity contribution is 7.80. The molecule has 0 amide bonds. The van der Waals surface area contributed by atoms with Gasteiger partial charge < -0.3 is 9.84 Å². The zero-order chi connectivity index (χ0) is 23.5. The van der Waals surface area contributed by atoms with E-state index >= 15 is 0 Å². The number of halogens is 1. The molecule has 0 radical (unpaired) electrons. The lowest BCUT2D eigenvalue weighted by molar-refractivity contribution is -0.139. The molecule has 1 aromatic heterocycles. The highest BCUT2D eigenvalue weighted by Gasteiger charge is 2.31. The molecule has 0 bridgehead atoms. The predicted molar refractivity (Wildman–Crippen MR) is 123 cm³/mol. The van der Waals surface area contributed by atoms with E-state index in [0.29, 0.717) is 35.5 Å². The molecule has 1 aliphatic carbocycles. The van der Waals surface area contributed by atoms with Gasteiger partial charge >= 0.3 is 5.97 Å². The third kappa shape index (κ3) is 4.89. The first-order valence-corrected chi connectivity index (χ1v) is 11.5. The summed E-state index contributed by atoms with van der Waals surface area (Å²) in [7, 11) is 0. The molecule has 1 heterocycles. The maximum atomic E-state index is 13.6. The number of fused-ring (bicyclic) bond motifs is 1. The van der Waals surface area contributed by atoms with Crippen LogP contribution in [-0.2, 0) is 22.5 Å². The summed E-state index contributed by atoms with van der Waals surface area (Å²) in [5.41, 5.74) is 4.02. The zero-order valence-corrected chi connectivity index (χ0v) is 18.7. The molecule has 9 heteroatoms. The Kier molecular flexibility index (Phi) is 6.71. The molecular weight excluding hydrogens is 447 g/mol. The smallest absolute Gasteiger partial charge is 0.341 e. The minimum atomic E-state index is -2.33. The summed E-state index contributed by atoms with van der Waals surface area (Å²) in [6, 6.07) is 13.1. The van der Waals surface area contributed by atoms with E-state index in [1.165, 1.54) is 16.6 Å². The molecule has 2 atom stereocenters. The summed E-state index contributed by atoms with van der Waals surface area (Å²) >= 11 is -2.33. The van der Waals surface area contributed by atoms with Gasteiger partial charge in [0.25, 0.3) is 11.3 Å². The fourth-order valence-electron chi connectivity index (χ4n) is 4.18. The highest BCUT2D eigenvalue weighted by Crippen LogP contribution is 2.41. The van der Waals surface area contributed by atoms with Crippen molar-refractivity contribution in [2.24, 2.45) is 0 Å². The number of hydrogen-bond acceptors (Lipinski definition) is 4. The topological polar surface area (TPSA) is 100.0 Å². The summed E-state index contributed by atoms with van der Waals surface area (Å²) in [4.78, 5) is 15.4. The number of ether oxygens (including phenoxy) is 1. The van der Waals surface area contributed by atoms with Crippen LogP contribution in [0, 0.1) is 12.7 Å². The van der Waals surface area contributed by atoms with Crippen molar-refractivity contribution in [3.05, 3.63) is 77.2 Å². The monoisotopic (exact) mass is 470 g/mol. The molecule has 0 fully saturated rings. The van der Waals surface area contributed by atoms with Crippen LogP contribution in [-0.4, -0.2) is 31.4 Å². The molecule has 7 nitrogen and oxygen atoms in total. The molecule has 33 heavy (non-hydrogen) atoms. The molecule has 3 aromatic rings. The Morgan fingerprint density at radius 1 is 1.27 bits per heavy atom. The highest BCUT2D eigenvalue weighted by atomic mass is 32.2. The van der Waals surface area contributed by atoms with Crippen LogP contribution in [0.4, 0.5) is 10.1 Å². The van der Waals surface area contributed by atoms with Crippen molar-refractivity contribution in [3.63, 3.8) is 0 Å². The number of carboxylic acid groups (broad SMARTS) is 1. The number of nitrogens with zero attached hydrogens (tertiary/aromatic N) is 2. The summed E-state index contributed by atoms with van der Waals surface area (Å²) in [6.45, 7) is 1.23. The SMILES string of the molecule is Cc1cc(-c2ccc(N(C3CCCc4c(OCC(=O)O)cccc43)S(=O)O)cn2)ccc1F. The van der Waals surface area contributed by atoms with Crippen LogP contribution in [0.25, 0.3) is 11.3 Å². The van der Waals surface area contributed by atoms with Crippen molar-refractivity contribution in [1.82, 2.24) is 4.98 Å². The van der Waals surface area contributed by atoms with E-state index in [9.17, 15) is 17.9 Å². The van der Waals surface area contributed by atoms with Crippen LogP contribution in [0.1, 0.15) is 35.6 Å². The molecule has 0 aliphatic heterocycles. The Balaban J connectivity index is 1.66. The van der Waals surface area contributed by atoms with Crippen LogP contribution in [0.15, 0.2) is 54.7 Å². The minimum absolute atomic E-state index is 0.292. The van der Waals surface area contributed by atoms with E-state index in [4.69, 9.17) is 9.84 Å². The molecule has 0 saturated heterocycles. The summed E-state index contributed by atoms with van der Waals surface area (Å²) in [6.07, 6.45) is 3.61. The largest absolute Gasteiger partial charge is 0.482 e. The quantitative estimate of drug-likeness (QED) is 0.487. The Bertz CT molecular complexity index is 1200. The van der Waals surface area contributed by atoms with Crippen LogP contribution >= 0.6 is 0 Å². The second kappa shape index (κ2) is 9.68.